The van der Waals surface area contributed by atoms with Crippen molar-refractivity contribution in [3.63, 3.8) is 0 Å². The van der Waals surface area contributed by atoms with Gasteiger partial charge in [0.05, 0.1) is 25.2 Å². The van der Waals surface area contributed by atoms with Gasteiger partial charge in [-0.05, 0) is 81.6 Å². The smallest absolute Gasteiger partial charge is 0.250 e. The Hall–Kier alpha value is -1.44. The number of hydrogen-bond donors (Lipinski definition) is 2. The first-order chi connectivity index (χ1) is 17.7. The van der Waals surface area contributed by atoms with Crippen LogP contribution in [0.2, 0.25) is 0 Å². The first-order valence-electron chi connectivity index (χ1n) is 14.9. The molecule has 0 aromatic rings. The second-order valence-electron chi connectivity index (χ2n) is 11.9. The van der Waals surface area contributed by atoms with Gasteiger partial charge in [0, 0.05) is 44.4 Å². The van der Waals surface area contributed by atoms with E-state index in [4.69, 9.17) is 4.74 Å². The van der Waals surface area contributed by atoms with Crippen LogP contribution in [0.25, 0.3) is 0 Å². The molecule has 36 heavy (non-hydrogen) atoms. The second-order valence-corrected chi connectivity index (χ2v) is 11.9. The third-order valence-electron chi connectivity index (χ3n) is 9.76. The number of carbonyl (C=O) groups excluding carboxylic acids is 2. The molecule has 2 aliphatic heterocycles. The minimum absolute atomic E-state index is 0.0273. The Kier molecular flexibility index (Phi) is 9.02. The van der Waals surface area contributed by atoms with Gasteiger partial charge in [-0.2, -0.15) is 0 Å². The highest BCUT2D eigenvalue weighted by Crippen LogP contribution is 2.46. The fourth-order valence-electron chi connectivity index (χ4n) is 7.74. The van der Waals surface area contributed by atoms with Crippen molar-refractivity contribution in [3.05, 3.63) is 11.1 Å². The van der Waals surface area contributed by atoms with E-state index in [0.717, 1.165) is 108 Å². The van der Waals surface area contributed by atoms with Crippen molar-refractivity contribution in [2.24, 2.45) is 17.8 Å². The van der Waals surface area contributed by atoms with Crippen LogP contribution >= 0.6 is 0 Å². The molecule has 0 aromatic carbocycles. The summed E-state index contributed by atoms with van der Waals surface area (Å²) in [5, 5.41) is 13.1. The van der Waals surface area contributed by atoms with Crippen LogP contribution in [-0.2, 0) is 14.3 Å². The molecule has 2 saturated carbocycles. The number of morpholine rings is 1. The number of carbonyl (C=O) groups is 2. The Bertz CT molecular complexity index is 794. The average Bonchev–Trinajstić information content (AvgIpc) is 2.94. The lowest BCUT2D eigenvalue weighted by atomic mass is 9.67. The zero-order valence-corrected chi connectivity index (χ0v) is 22.1. The van der Waals surface area contributed by atoms with Crippen LogP contribution in [0.3, 0.4) is 0 Å². The van der Waals surface area contributed by atoms with Gasteiger partial charge >= 0.3 is 0 Å². The molecule has 2 amide bonds. The Morgan fingerprint density at radius 3 is 2.39 bits per heavy atom. The molecule has 2 atom stereocenters. The van der Waals surface area contributed by atoms with Crippen molar-refractivity contribution in [1.82, 2.24) is 15.1 Å². The van der Waals surface area contributed by atoms with Crippen molar-refractivity contribution < 1.29 is 19.4 Å². The fraction of sp³-hybridized carbons (Fsp3) is 0.862. The van der Waals surface area contributed by atoms with Crippen LogP contribution < -0.4 is 5.32 Å². The summed E-state index contributed by atoms with van der Waals surface area (Å²) in [6.45, 7) is 5.15. The van der Waals surface area contributed by atoms with Gasteiger partial charge in [0.2, 0.25) is 11.8 Å². The van der Waals surface area contributed by atoms with E-state index in [1.165, 1.54) is 19.3 Å². The highest BCUT2D eigenvalue weighted by Gasteiger charge is 2.50. The van der Waals surface area contributed by atoms with E-state index in [0.29, 0.717) is 18.4 Å². The predicted molar refractivity (Wildman–Crippen MR) is 139 cm³/mol. The lowest BCUT2D eigenvalue weighted by molar-refractivity contribution is -0.142. The van der Waals surface area contributed by atoms with Gasteiger partial charge in [-0.3, -0.25) is 14.5 Å². The van der Waals surface area contributed by atoms with Crippen LogP contribution in [0.4, 0.5) is 0 Å². The molecule has 0 radical (unpaired) electrons. The highest BCUT2D eigenvalue weighted by molar-refractivity contribution is 5.99. The van der Waals surface area contributed by atoms with Crippen molar-refractivity contribution in [2.75, 3.05) is 46.0 Å². The Balaban J connectivity index is 1.41. The number of nitrogens with one attached hydrogen (secondary N) is 1. The summed E-state index contributed by atoms with van der Waals surface area (Å²) in [5.41, 5.74) is 2.14. The summed E-state index contributed by atoms with van der Waals surface area (Å²) in [5.74, 6) is 0.891. The van der Waals surface area contributed by atoms with Crippen LogP contribution in [0.1, 0.15) is 83.5 Å². The number of nitrogens with zero attached hydrogens (tertiary/aromatic N) is 2. The van der Waals surface area contributed by atoms with E-state index in [2.05, 4.69) is 15.1 Å². The number of aliphatic hydroxyl groups excluding tert-OH is 1. The number of ether oxygens (including phenoxy) is 1. The number of rotatable bonds is 7. The Labute approximate surface area is 217 Å². The predicted octanol–water partition coefficient (Wildman–Crippen LogP) is 3.26. The molecular formula is C29H47N3O4. The van der Waals surface area contributed by atoms with Crippen LogP contribution in [0.15, 0.2) is 11.1 Å². The third kappa shape index (κ3) is 5.68. The van der Waals surface area contributed by atoms with E-state index < -0.39 is 0 Å². The fourth-order valence-corrected chi connectivity index (χ4v) is 7.74. The molecule has 2 heterocycles. The molecule has 0 spiro atoms. The van der Waals surface area contributed by atoms with Crippen LogP contribution in [0, 0.1) is 17.8 Å². The molecule has 0 unspecified atom stereocenters. The minimum Gasteiger partial charge on any atom is -0.396 e. The molecule has 7 heteroatoms. The summed E-state index contributed by atoms with van der Waals surface area (Å²) in [4.78, 5) is 32.7. The largest absolute Gasteiger partial charge is 0.396 e. The van der Waals surface area contributed by atoms with Gasteiger partial charge in [-0.15, -0.1) is 0 Å². The molecule has 202 valence electrons. The highest BCUT2D eigenvalue weighted by atomic mass is 16.5. The molecule has 3 fully saturated rings. The van der Waals surface area contributed by atoms with Crippen molar-refractivity contribution in [3.8, 4) is 0 Å². The molecule has 7 nitrogen and oxygen atoms in total. The Morgan fingerprint density at radius 1 is 0.944 bits per heavy atom. The lowest BCUT2D eigenvalue weighted by Crippen LogP contribution is -2.61. The maximum Gasteiger partial charge on any atom is 0.250 e. The van der Waals surface area contributed by atoms with Crippen molar-refractivity contribution >= 4 is 11.8 Å². The second kappa shape index (κ2) is 12.4. The van der Waals surface area contributed by atoms with Gasteiger partial charge in [-0.1, -0.05) is 19.3 Å². The maximum atomic E-state index is 14.1. The molecular weight excluding hydrogens is 454 g/mol. The summed E-state index contributed by atoms with van der Waals surface area (Å²) < 4.78 is 5.47. The summed E-state index contributed by atoms with van der Waals surface area (Å²) in [7, 11) is 0. The standard InChI is InChI=1S/C29H47N3O4/c33-20-21-10-12-22(13-11-21)27-26(28(34)30-14-15-31-16-18-36-19-17-31)24-8-4-5-9-25(24)29(35)32(27)23-6-2-1-3-7-23/h21-23,26-27,33H,1-20H2,(H,30,34)/t21?,22?,26-,27+/m1/s1. The van der Waals surface area contributed by atoms with Gasteiger partial charge in [0.1, 0.15) is 0 Å². The molecule has 2 N–H and O–H groups in total. The van der Waals surface area contributed by atoms with E-state index in [1.807, 2.05) is 0 Å². The number of hydrogen-bond acceptors (Lipinski definition) is 5. The maximum absolute atomic E-state index is 14.1. The first-order valence-corrected chi connectivity index (χ1v) is 14.9. The minimum atomic E-state index is -0.208. The van der Waals surface area contributed by atoms with Crippen molar-refractivity contribution in [2.45, 2.75) is 95.6 Å². The number of amides is 2. The lowest BCUT2D eigenvalue weighted by Gasteiger charge is -2.52. The van der Waals surface area contributed by atoms with Crippen molar-refractivity contribution in [1.29, 1.82) is 0 Å². The van der Waals surface area contributed by atoms with E-state index >= 15 is 0 Å². The van der Waals surface area contributed by atoms with E-state index in [1.54, 1.807) is 0 Å². The van der Waals surface area contributed by atoms with Gasteiger partial charge in [0.25, 0.3) is 0 Å². The zero-order chi connectivity index (χ0) is 24.9. The van der Waals surface area contributed by atoms with E-state index in [-0.39, 0.29) is 36.4 Å². The van der Waals surface area contributed by atoms with Crippen LogP contribution in [-0.4, -0.2) is 84.8 Å². The summed E-state index contributed by atoms with van der Waals surface area (Å²) in [6, 6.07) is 0.243. The van der Waals surface area contributed by atoms with Gasteiger partial charge in [0.15, 0.2) is 0 Å². The molecule has 5 aliphatic rings. The summed E-state index contributed by atoms with van der Waals surface area (Å²) >= 11 is 0. The quantitative estimate of drug-likeness (QED) is 0.560. The first kappa shape index (κ1) is 26.2. The molecule has 3 aliphatic carbocycles. The topological polar surface area (TPSA) is 82.1 Å². The van der Waals surface area contributed by atoms with Gasteiger partial charge in [-0.25, -0.2) is 0 Å². The zero-order valence-electron chi connectivity index (χ0n) is 22.1. The summed E-state index contributed by atoms with van der Waals surface area (Å²) in [6.07, 6.45) is 13.6. The average molecular weight is 502 g/mol. The number of aliphatic hydroxyl groups is 1. The molecule has 0 bridgehead atoms. The normalized spacial score (nSPS) is 32.9. The monoisotopic (exact) mass is 501 g/mol. The SMILES string of the molecule is O=C(NCCN1CCOCC1)[C@@H]1C2=C(CCCC2)C(=O)N(C2CCCCC2)[C@H]1C1CCC(CO)CC1. The van der Waals surface area contributed by atoms with Gasteiger partial charge < -0.3 is 20.1 Å². The molecule has 5 rings (SSSR count). The molecule has 1 saturated heterocycles. The third-order valence-corrected chi connectivity index (χ3v) is 9.76. The molecule has 0 aromatic heterocycles. The van der Waals surface area contributed by atoms with E-state index in [9.17, 15) is 14.7 Å². The van der Waals surface area contributed by atoms with Crippen LogP contribution in [0.5, 0.6) is 0 Å². The Morgan fingerprint density at radius 2 is 1.67 bits per heavy atom.